The van der Waals surface area contributed by atoms with Crippen molar-refractivity contribution in [2.75, 3.05) is 11.5 Å². The molecule has 2 saturated heterocycles. The minimum Gasteiger partial charge on any atom is -0.477 e. The first-order chi connectivity index (χ1) is 10.0. The number of nitrogens with one attached hydrogen (secondary N) is 2. The first-order valence-corrected chi connectivity index (χ1v) is 8.54. The Bertz CT molecular complexity index is 446. The monoisotopic (exact) mass is 332 g/mol. The number of carboxylic acid groups (broad SMARTS) is 1. The van der Waals surface area contributed by atoms with E-state index in [9.17, 15) is 9.59 Å². The van der Waals surface area contributed by atoms with E-state index >= 15 is 0 Å². The van der Waals surface area contributed by atoms with Gasteiger partial charge in [0.05, 0.1) is 12.1 Å². The third kappa shape index (κ3) is 4.27. The van der Waals surface area contributed by atoms with E-state index in [1.165, 1.54) is 0 Å². The predicted octanol–water partition coefficient (Wildman–Crippen LogP) is 0.0623. The lowest BCUT2D eigenvalue weighted by Gasteiger charge is -2.16. The highest BCUT2D eigenvalue weighted by Gasteiger charge is 2.42. The molecule has 2 fully saturated rings. The molecule has 2 rings (SSSR count). The topological polar surface area (TPSA) is 117 Å². The lowest BCUT2D eigenvalue weighted by Crippen LogP contribution is -2.36. The SMILES string of the molecule is NC(CS)N=C(CCC[C@@H]1SC[C@@H]2NC(=O)N[C@@H]21)C(=O)O. The molecule has 2 aliphatic rings. The highest BCUT2D eigenvalue weighted by atomic mass is 32.2. The van der Waals surface area contributed by atoms with Gasteiger partial charge < -0.3 is 21.5 Å². The summed E-state index contributed by atoms with van der Waals surface area (Å²) in [6.07, 6.45) is 1.35. The first-order valence-electron chi connectivity index (χ1n) is 6.86. The van der Waals surface area contributed by atoms with Gasteiger partial charge in [0.15, 0.2) is 0 Å². The zero-order valence-electron chi connectivity index (χ0n) is 11.5. The summed E-state index contributed by atoms with van der Waals surface area (Å²) in [5.74, 6) is 0.190. The number of thiol groups is 1. The summed E-state index contributed by atoms with van der Waals surface area (Å²) < 4.78 is 0. The Morgan fingerprint density at radius 2 is 2.33 bits per heavy atom. The Morgan fingerprint density at radius 1 is 1.57 bits per heavy atom. The number of urea groups is 1. The maximum Gasteiger partial charge on any atom is 0.349 e. The maximum absolute atomic E-state index is 11.3. The van der Waals surface area contributed by atoms with Gasteiger partial charge in [0.2, 0.25) is 0 Å². The summed E-state index contributed by atoms with van der Waals surface area (Å²) >= 11 is 5.81. The number of nitrogens with zero attached hydrogens (tertiary/aromatic N) is 1. The standard InChI is InChI=1S/C12H20N4O3S2/c13-9(4-20)14-6(11(17)18)2-1-3-8-10-7(5-21-8)15-12(19)16-10/h7-10,20H,1-5,13H2,(H,17,18)(H2,15,16,19)/t7-,8-,9?,10-/m0/s1. The molecule has 5 N–H and O–H groups in total. The molecule has 21 heavy (non-hydrogen) atoms. The molecule has 9 heteroatoms. The van der Waals surface area contributed by atoms with Crippen molar-refractivity contribution in [1.82, 2.24) is 10.6 Å². The molecule has 2 amide bonds. The van der Waals surface area contributed by atoms with Crippen molar-refractivity contribution in [3.05, 3.63) is 0 Å². The molecule has 0 aliphatic carbocycles. The number of nitrogens with two attached hydrogens (primary N) is 1. The van der Waals surface area contributed by atoms with Crippen molar-refractivity contribution >= 4 is 42.1 Å². The van der Waals surface area contributed by atoms with Gasteiger partial charge in [-0.25, -0.2) is 9.59 Å². The molecule has 0 aromatic heterocycles. The lowest BCUT2D eigenvalue weighted by atomic mass is 10.0. The van der Waals surface area contributed by atoms with Crippen LogP contribution in [0.4, 0.5) is 4.79 Å². The van der Waals surface area contributed by atoms with Crippen molar-refractivity contribution < 1.29 is 14.7 Å². The van der Waals surface area contributed by atoms with Crippen LogP contribution in [0.25, 0.3) is 0 Å². The van der Waals surface area contributed by atoms with Gasteiger partial charge in [-0.3, -0.25) is 4.99 Å². The van der Waals surface area contributed by atoms with Gasteiger partial charge in [0.25, 0.3) is 0 Å². The molecule has 1 unspecified atom stereocenters. The molecule has 4 atom stereocenters. The Morgan fingerprint density at radius 3 is 3.00 bits per heavy atom. The van der Waals surface area contributed by atoms with E-state index in [1.54, 1.807) is 0 Å². The molecule has 2 heterocycles. The highest BCUT2D eigenvalue weighted by molar-refractivity contribution is 8.00. The number of carbonyl (C=O) groups excluding carboxylic acids is 1. The van der Waals surface area contributed by atoms with Gasteiger partial charge in [-0.05, 0) is 19.3 Å². The molecule has 0 aromatic rings. The fourth-order valence-corrected chi connectivity index (χ4v) is 4.21. The van der Waals surface area contributed by atoms with Gasteiger partial charge in [-0.15, -0.1) is 0 Å². The number of hydrogen-bond donors (Lipinski definition) is 5. The number of carbonyl (C=O) groups is 2. The molecule has 0 bridgehead atoms. The van der Waals surface area contributed by atoms with E-state index in [2.05, 4.69) is 28.3 Å². The summed E-state index contributed by atoms with van der Waals surface area (Å²) in [4.78, 5) is 26.4. The van der Waals surface area contributed by atoms with Gasteiger partial charge in [0.1, 0.15) is 11.9 Å². The summed E-state index contributed by atoms with van der Waals surface area (Å²) in [5, 5.41) is 15.2. The van der Waals surface area contributed by atoms with Gasteiger partial charge >= 0.3 is 12.0 Å². The Kier molecular flexibility index (Phi) is 5.77. The van der Waals surface area contributed by atoms with Gasteiger partial charge in [-0.1, -0.05) is 0 Å². The van der Waals surface area contributed by atoms with Crippen LogP contribution in [0.2, 0.25) is 0 Å². The van der Waals surface area contributed by atoms with Crippen molar-refractivity contribution in [2.24, 2.45) is 10.7 Å². The van der Waals surface area contributed by atoms with Crippen molar-refractivity contribution in [2.45, 2.75) is 42.8 Å². The number of hydrogen-bond acceptors (Lipinski definition) is 6. The summed E-state index contributed by atoms with van der Waals surface area (Å²) in [7, 11) is 0. The summed E-state index contributed by atoms with van der Waals surface area (Å²) in [6, 6.07) is 0.230. The summed E-state index contributed by atoms with van der Waals surface area (Å²) in [6.45, 7) is 0. The van der Waals surface area contributed by atoms with E-state index in [-0.39, 0.29) is 23.8 Å². The molecular formula is C12H20N4O3S2. The predicted molar refractivity (Wildman–Crippen MR) is 86.2 cm³/mol. The van der Waals surface area contributed by atoms with Crippen LogP contribution in [0, 0.1) is 0 Å². The van der Waals surface area contributed by atoms with E-state index in [4.69, 9.17) is 10.8 Å². The fourth-order valence-electron chi connectivity index (χ4n) is 2.58. The van der Waals surface area contributed by atoms with Crippen molar-refractivity contribution in [3.8, 4) is 0 Å². The number of fused-ring (bicyclic) bond motifs is 1. The molecule has 2 aliphatic heterocycles. The van der Waals surface area contributed by atoms with E-state index in [0.29, 0.717) is 23.8 Å². The minimum atomic E-state index is -1.03. The van der Waals surface area contributed by atoms with Crippen LogP contribution in [0.3, 0.4) is 0 Å². The van der Waals surface area contributed by atoms with Crippen LogP contribution in [-0.4, -0.2) is 57.8 Å². The van der Waals surface area contributed by atoms with Crippen molar-refractivity contribution in [3.63, 3.8) is 0 Å². The minimum absolute atomic E-state index is 0.102. The average Bonchev–Trinajstić information content (AvgIpc) is 2.97. The third-order valence-electron chi connectivity index (χ3n) is 3.60. The average molecular weight is 332 g/mol. The number of rotatable bonds is 7. The molecule has 0 aromatic carbocycles. The second-order valence-corrected chi connectivity index (χ2v) is 6.78. The van der Waals surface area contributed by atoms with Crippen LogP contribution in [0.1, 0.15) is 19.3 Å². The fraction of sp³-hybridized carbons (Fsp3) is 0.750. The Balaban J connectivity index is 1.81. The highest BCUT2D eigenvalue weighted by Crippen LogP contribution is 2.33. The second kappa shape index (κ2) is 7.37. The third-order valence-corrected chi connectivity index (χ3v) is 5.48. The quantitative estimate of drug-likeness (QED) is 0.257. The molecule has 0 spiro atoms. The lowest BCUT2D eigenvalue weighted by molar-refractivity contribution is -0.129. The number of carboxylic acids is 1. The van der Waals surface area contributed by atoms with E-state index in [1.807, 2.05) is 11.8 Å². The van der Waals surface area contributed by atoms with Crippen LogP contribution in [-0.2, 0) is 4.79 Å². The Labute approximate surface area is 132 Å². The zero-order valence-corrected chi connectivity index (χ0v) is 13.2. The number of thioether (sulfide) groups is 1. The molecule has 0 saturated carbocycles. The number of amides is 2. The van der Waals surface area contributed by atoms with Gasteiger partial charge in [0, 0.05) is 16.8 Å². The van der Waals surface area contributed by atoms with Crippen LogP contribution < -0.4 is 16.4 Å². The second-order valence-electron chi connectivity index (χ2n) is 5.14. The molecule has 7 nitrogen and oxygen atoms in total. The van der Waals surface area contributed by atoms with Gasteiger partial charge in [-0.2, -0.15) is 24.4 Å². The zero-order chi connectivity index (χ0) is 15.4. The first kappa shape index (κ1) is 16.4. The number of aliphatic carboxylic acids is 1. The van der Waals surface area contributed by atoms with Crippen molar-refractivity contribution in [1.29, 1.82) is 0 Å². The van der Waals surface area contributed by atoms with Crippen LogP contribution >= 0.6 is 24.4 Å². The molecular weight excluding hydrogens is 312 g/mol. The Hall–Kier alpha value is -0.930. The molecule has 118 valence electrons. The normalized spacial score (nSPS) is 29.7. The van der Waals surface area contributed by atoms with E-state index < -0.39 is 12.1 Å². The van der Waals surface area contributed by atoms with E-state index in [0.717, 1.165) is 12.2 Å². The number of aliphatic imine (C=N–C) groups is 1. The van der Waals surface area contributed by atoms with Crippen LogP contribution in [0.5, 0.6) is 0 Å². The van der Waals surface area contributed by atoms with Crippen LogP contribution in [0.15, 0.2) is 4.99 Å². The maximum atomic E-state index is 11.3. The summed E-state index contributed by atoms with van der Waals surface area (Å²) in [5.41, 5.74) is 5.71. The largest absolute Gasteiger partial charge is 0.477 e. The smallest absolute Gasteiger partial charge is 0.349 e. The molecule has 0 radical (unpaired) electrons.